The van der Waals surface area contributed by atoms with Crippen LogP contribution in [0.1, 0.15) is 59.8 Å². The van der Waals surface area contributed by atoms with Crippen molar-refractivity contribution in [3.8, 4) is 0 Å². The van der Waals surface area contributed by atoms with Crippen molar-refractivity contribution >= 4 is 0 Å². The van der Waals surface area contributed by atoms with E-state index in [1.54, 1.807) is 0 Å². The van der Waals surface area contributed by atoms with Gasteiger partial charge in [-0.25, -0.2) is 0 Å². The molecule has 0 bridgehead atoms. The van der Waals surface area contributed by atoms with Crippen LogP contribution in [0.25, 0.3) is 0 Å². The molecule has 1 aliphatic heterocycles. The molecule has 3 unspecified atom stereocenters. The normalized spacial score (nSPS) is 29.2. The van der Waals surface area contributed by atoms with Crippen LogP contribution < -0.4 is 5.32 Å². The van der Waals surface area contributed by atoms with Gasteiger partial charge < -0.3 is 10.1 Å². The summed E-state index contributed by atoms with van der Waals surface area (Å²) in [5.74, 6) is 0.828. The van der Waals surface area contributed by atoms with E-state index >= 15 is 0 Å². The van der Waals surface area contributed by atoms with Crippen LogP contribution in [0.3, 0.4) is 0 Å². The van der Waals surface area contributed by atoms with Gasteiger partial charge in [0.15, 0.2) is 0 Å². The molecule has 1 saturated heterocycles. The van der Waals surface area contributed by atoms with E-state index in [-0.39, 0.29) is 5.60 Å². The van der Waals surface area contributed by atoms with Gasteiger partial charge in [0.05, 0.1) is 5.60 Å². The van der Waals surface area contributed by atoms with Crippen LogP contribution in [0.15, 0.2) is 0 Å². The van der Waals surface area contributed by atoms with Gasteiger partial charge in [-0.05, 0) is 38.5 Å². The summed E-state index contributed by atoms with van der Waals surface area (Å²) in [5, 5.41) is 3.69. The topological polar surface area (TPSA) is 21.3 Å². The van der Waals surface area contributed by atoms with Gasteiger partial charge in [0.1, 0.15) is 0 Å². The molecule has 0 spiro atoms. The van der Waals surface area contributed by atoms with Crippen LogP contribution in [0, 0.1) is 5.92 Å². The van der Waals surface area contributed by atoms with Crippen LogP contribution in [0.4, 0.5) is 0 Å². The Morgan fingerprint density at radius 3 is 2.56 bits per heavy atom. The summed E-state index contributed by atoms with van der Waals surface area (Å²) < 4.78 is 5.80. The Labute approximate surface area is 101 Å². The van der Waals surface area contributed by atoms with Gasteiger partial charge in [-0.3, -0.25) is 0 Å². The molecule has 0 aromatic rings. The predicted molar refractivity (Wildman–Crippen MR) is 69.7 cm³/mol. The molecule has 16 heavy (non-hydrogen) atoms. The first-order chi connectivity index (χ1) is 7.59. The van der Waals surface area contributed by atoms with E-state index in [0.717, 1.165) is 19.1 Å². The molecule has 1 rings (SSSR count). The zero-order valence-electron chi connectivity index (χ0n) is 11.5. The molecular weight excluding hydrogens is 198 g/mol. The highest BCUT2D eigenvalue weighted by atomic mass is 16.5. The molecule has 3 atom stereocenters. The van der Waals surface area contributed by atoms with Gasteiger partial charge in [-0.15, -0.1) is 0 Å². The quantitative estimate of drug-likeness (QED) is 0.720. The second-order valence-corrected chi connectivity index (χ2v) is 5.64. The summed E-state index contributed by atoms with van der Waals surface area (Å²) in [4.78, 5) is 0. The summed E-state index contributed by atoms with van der Waals surface area (Å²) >= 11 is 0. The van der Waals surface area contributed by atoms with Crippen molar-refractivity contribution in [3.05, 3.63) is 0 Å². The van der Waals surface area contributed by atoms with Gasteiger partial charge in [0.2, 0.25) is 0 Å². The largest absolute Gasteiger partial charge is 0.374 e. The summed E-state index contributed by atoms with van der Waals surface area (Å²) in [7, 11) is 0. The van der Waals surface area contributed by atoms with Crippen LogP contribution in [-0.2, 0) is 4.74 Å². The Hall–Kier alpha value is -0.0800. The molecule has 0 amide bonds. The highest BCUT2D eigenvalue weighted by molar-refractivity contribution is 4.84. The zero-order chi connectivity index (χ0) is 12.0. The lowest BCUT2D eigenvalue weighted by atomic mass is 9.96. The number of hydrogen-bond acceptors (Lipinski definition) is 2. The lowest BCUT2D eigenvalue weighted by Gasteiger charge is -2.28. The summed E-state index contributed by atoms with van der Waals surface area (Å²) in [6.45, 7) is 11.1. The Balaban J connectivity index is 2.27. The molecule has 2 heteroatoms. The fourth-order valence-electron chi connectivity index (χ4n) is 2.38. The van der Waals surface area contributed by atoms with Gasteiger partial charge in [-0.2, -0.15) is 0 Å². The van der Waals surface area contributed by atoms with Gasteiger partial charge in [0.25, 0.3) is 0 Å². The number of nitrogens with one attached hydrogen (secondary N) is 1. The smallest absolute Gasteiger partial charge is 0.0779 e. The van der Waals surface area contributed by atoms with E-state index in [4.69, 9.17) is 4.74 Å². The van der Waals surface area contributed by atoms with Crippen molar-refractivity contribution in [2.45, 2.75) is 71.4 Å². The van der Waals surface area contributed by atoms with E-state index in [0.29, 0.717) is 6.04 Å². The predicted octanol–water partition coefficient (Wildman–Crippen LogP) is 3.36. The highest BCUT2D eigenvalue weighted by Crippen LogP contribution is 2.24. The maximum Gasteiger partial charge on any atom is 0.0779 e. The summed E-state index contributed by atoms with van der Waals surface area (Å²) in [5.41, 5.74) is 0.100. The van der Waals surface area contributed by atoms with Gasteiger partial charge >= 0.3 is 0 Å². The Kier molecular flexibility index (Phi) is 5.77. The lowest BCUT2D eigenvalue weighted by molar-refractivity contribution is 0.0180. The minimum atomic E-state index is 0.100. The third kappa shape index (κ3) is 4.42. The van der Waals surface area contributed by atoms with Crippen LogP contribution in [-0.4, -0.2) is 24.8 Å². The summed E-state index contributed by atoms with van der Waals surface area (Å²) in [6, 6.07) is 0.663. The van der Waals surface area contributed by atoms with Crippen molar-refractivity contribution in [3.63, 3.8) is 0 Å². The third-order valence-electron chi connectivity index (χ3n) is 3.94. The minimum absolute atomic E-state index is 0.100. The second kappa shape index (κ2) is 6.61. The number of rotatable bonds is 7. The van der Waals surface area contributed by atoms with E-state index in [1.807, 2.05) is 0 Å². The molecule has 1 fully saturated rings. The molecule has 0 aromatic carbocycles. The fourth-order valence-corrected chi connectivity index (χ4v) is 2.38. The molecule has 0 saturated carbocycles. The molecule has 2 nitrogen and oxygen atoms in total. The molecule has 1 heterocycles. The monoisotopic (exact) mass is 227 g/mol. The SMILES string of the molecule is CCC(C)CC(CC)NCC1(C)CCCO1. The molecule has 0 radical (unpaired) electrons. The fraction of sp³-hybridized carbons (Fsp3) is 1.00. The Morgan fingerprint density at radius 1 is 1.31 bits per heavy atom. The van der Waals surface area contributed by atoms with E-state index in [9.17, 15) is 0 Å². The van der Waals surface area contributed by atoms with Crippen molar-refractivity contribution < 1.29 is 4.74 Å². The molecular formula is C14H29NO. The lowest BCUT2D eigenvalue weighted by Crippen LogP contribution is -2.42. The first kappa shape index (κ1) is 14.0. The third-order valence-corrected chi connectivity index (χ3v) is 3.94. The molecule has 1 aliphatic rings. The van der Waals surface area contributed by atoms with Crippen LogP contribution in [0.5, 0.6) is 0 Å². The summed E-state index contributed by atoms with van der Waals surface area (Å²) in [6.07, 6.45) is 6.23. The Bertz CT molecular complexity index is 187. The molecule has 0 aromatic heterocycles. The minimum Gasteiger partial charge on any atom is -0.374 e. The average Bonchev–Trinajstić information content (AvgIpc) is 2.71. The number of ether oxygens (including phenoxy) is 1. The van der Waals surface area contributed by atoms with Crippen LogP contribution in [0.2, 0.25) is 0 Å². The average molecular weight is 227 g/mol. The van der Waals surface area contributed by atoms with Crippen molar-refractivity contribution in [1.29, 1.82) is 0 Å². The Morgan fingerprint density at radius 2 is 2.06 bits per heavy atom. The molecule has 0 aliphatic carbocycles. The highest BCUT2D eigenvalue weighted by Gasteiger charge is 2.29. The van der Waals surface area contributed by atoms with Crippen molar-refractivity contribution in [1.82, 2.24) is 5.32 Å². The number of hydrogen-bond donors (Lipinski definition) is 1. The van der Waals surface area contributed by atoms with Crippen molar-refractivity contribution in [2.75, 3.05) is 13.2 Å². The standard InChI is InChI=1S/C14H29NO/c1-5-12(3)10-13(6-2)15-11-14(4)8-7-9-16-14/h12-13,15H,5-11H2,1-4H3. The van der Waals surface area contributed by atoms with Crippen LogP contribution >= 0.6 is 0 Å². The van der Waals surface area contributed by atoms with Crippen molar-refractivity contribution in [2.24, 2.45) is 5.92 Å². The van der Waals surface area contributed by atoms with E-state index in [1.165, 1.54) is 32.1 Å². The maximum atomic E-state index is 5.80. The second-order valence-electron chi connectivity index (χ2n) is 5.64. The van der Waals surface area contributed by atoms with E-state index < -0.39 is 0 Å². The zero-order valence-corrected chi connectivity index (χ0v) is 11.5. The molecule has 1 N–H and O–H groups in total. The van der Waals surface area contributed by atoms with Gasteiger partial charge in [-0.1, -0.05) is 27.2 Å². The maximum absolute atomic E-state index is 5.80. The van der Waals surface area contributed by atoms with E-state index in [2.05, 4.69) is 33.0 Å². The van der Waals surface area contributed by atoms with Gasteiger partial charge in [0, 0.05) is 19.2 Å². The molecule has 96 valence electrons. The first-order valence-corrected chi connectivity index (χ1v) is 6.97. The first-order valence-electron chi connectivity index (χ1n) is 6.97.